The molecule has 2 heteroatoms. The highest BCUT2D eigenvalue weighted by atomic mass is 16.5. The van der Waals surface area contributed by atoms with Gasteiger partial charge >= 0.3 is 5.97 Å². The first kappa shape index (κ1) is 12.5. The number of methoxy groups -OCH3 is 1. The van der Waals surface area contributed by atoms with Crippen molar-refractivity contribution in [2.24, 2.45) is 0 Å². The van der Waals surface area contributed by atoms with Gasteiger partial charge in [0, 0.05) is 6.08 Å². The van der Waals surface area contributed by atoms with E-state index in [9.17, 15) is 4.79 Å². The van der Waals surface area contributed by atoms with Crippen LogP contribution in [0.4, 0.5) is 0 Å². The van der Waals surface area contributed by atoms with Crippen LogP contribution < -0.4 is 0 Å². The Kier molecular flexibility index (Phi) is 5.34. The van der Waals surface area contributed by atoms with E-state index in [1.165, 1.54) is 24.3 Å². The van der Waals surface area contributed by atoms with Gasteiger partial charge in [-0.1, -0.05) is 35.9 Å². The summed E-state index contributed by atoms with van der Waals surface area (Å²) in [7, 11) is 1.39. The Morgan fingerprint density at radius 2 is 2.25 bits per heavy atom. The molecule has 2 nitrogen and oxygen atoms in total. The summed E-state index contributed by atoms with van der Waals surface area (Å²) in [5, 5.41) is 0. The van der Waals surface area contributed by atoms with Crippen molar-refractivity contribution in [2.45, 2.75) is 26.2 Å². The van der Waals surface area contributed by atoms with Crippen LogP contribution in [0, 0.1) is 6.92 Å². The number of hydrogen-bond acceptors (Lipinski definition) is 2. The second-order valence-electron chi connectivity index (χ2n) is 3.81. The van der Waals surface area contributed by atoms with Gasteiger partial charge in [-0.25, -0.2) is 4.79 Å². The minimum absolute atomic E-state index is 0.282. The summed E-state index contributed by atoms with van der Waals surface area (Å²) in [5.74, 6) is -0.282. The second-order valence-corrected chi connectivity index (χ2v) is 3.81. The van der Waals surface area contributed by atoms with Crippen LogP contribution in [0.15, 0.2) is 36.4 Å². The molecule has 0 aliphatic heterocycles. The van der Waals surface area contributed by atoms with Gasteiger partial charge in [0.05, 0.1) is 7.11 Å². The van der Waals surface area contributed by atoms with E-state index in [4.69, 9.17) is 0 Å². The molecular weight excluding hydrogens is 200 g/mol. The van der Waals surface area contributed by atoms with Gasteiger partial charge < -0.3 is 4.74 Å². The number of ether oxygens (including phenoxy) is 1. The minimum atomic E-state index is -0.282. The van der Waals surface area contributed by atoms with Crippen LogP contribution in [0.5, 0.6) is 0 Å². The molecule has 0 aromatic heterocycles. The molecule has 0 atom stereocenters. The van der Waals surface area contributed by atoms with Gasteiger partial charge in [0.2, 0.25) is 0 Å². The predicted molar refractivity (Wildman–Crippen MR) is 65.3 cm³/mol. The zero-order valence-electron chi connectivity index (χ0n) is 9.90. The van der Waals surface area contributed by atoms with Gasteiger partial charge in [-0.15, -0.1) is 0 Å². The maximum absolute atomic E-state index is 10.8. The molecule has 0 amide bonds. The van der Waals surface area contributed by atoms with Crippen molar-refractivity contribution in [3.8, 4) is 0 Å². The van der Waals surface area contributed by atoms with E-state index in [-0.39, 0.29) is 5.97 Å². The van der Waals surface area contributed by atoms with E-state index in [0.717, 1.165) is 19.3 Å². The van der Waals surface area contributed by atoms with Crippen LogP contribution in [0.1, 0.15) is 24.0 Å². The van der Waals surface area contributed by atoms with Gasteiger partial charge in [-0.3, -0.25) is 0 Å². The molecule has 0 aliphatic carbocycles. The van der Waals surface area contributed by atoms with Crippen LogP contribution >= 0.6 is 0 Å². The van der Waals surface area contributed by atoms with Crippen molar-refractivity contribution in [1.82, 2.24) is 0 Å². The van der Waals surface area contributed by atoms with E-state index >= 15 is 0 Å². The standard InChI is InChI=1S/C14H18O2/c1-12-7-6-9-13(11-12)8-4-3-5-10-14(15)16-2/h5-7,9-11H,3-4,8H2,1-2H3/b10-5+. The normalized spacial score (nSPS) is 10.6. The largest absolute Gasteiger partial charge is 0.466 e. The summed E-state index contributed by atoms with van der Waals surface area (Å²) < 4.78 is 4.51. The first-order chi connectivity index (χ1) is 7.72. The molecule has 1 aromatic carbocycles. The summed E-state index contributed by atoms with van der Waals surface area (Å²) in [6.45, 7) is 2.10. The smallest absolute Gasteiger partial charge is 0.330 e. The van der Waals surface area contributed by atoms with Gasteiger partial charge in [0.25, 0.3) is 0 Å². The van der Waals surface area contributed by atoms with E-state index in [1.54, 1.807) is 0 Å². The van der Waals surface area contributed by atoms with Crippen LogP contribution in [-0.4, -0.2) is 13.1 Å². The highest BCUT2D eigenvalue weighted by Gasteiger charge is 1.93. The molecule has 0 radical (unpaired) electrons. The highest BCUT2D eigenvalue weighted by molar-refractivity contribution is 5.81. The Hall–Kier alpha value is -1.57. The molecule has 1 aromatic rings. The zero-order chi connectivity index (χ0) is 11.8. The Balaban J connectivity index is 2.26. The molecule has 0 saturated carbocycles. The van der Waals surface area contributed by atoms with Gasteiger partial charge in [0.15, 0.2) is 0 Å². The van der Waals surface area contributed by atoms with Crippen LogP contribution in [0.3, 0.4) is 0 Å². The molecule has 0 spiro atoms. The van der Waals surface area contributed by atoms with Crippen LogP contribution in [0.25, 0.3) is 0 Å². The highest BCUT2D eigenvalue weighted by Crippen LogP contribution is 2.08. The molecule has 0 unspecified atom stereocenters. The van der Waals surface area contributed by atoms with Gasteiger partial charge in [-0.2, -0.15) is 0 Å². The number of hydrogen-bond donors (Lipinski definition) is 0. The van der Waals surface area contributed by atoms with Gasteiger partial charge in [-0.05, 0) is 31.7 Å². The molecule has 0 heterocycles. The molecule has 16 heavy (non-hydrogen) atoms. The molecule has 0 aliphatic rings. The number of unbranched alkanes of at least 4 members (excludes halogenated alkanes) is 1. The fraction of sp³-hybridized carbons (Fsp3) is 0.357. The molecule has 0 saturated heterocycles. The van der Waals surface area contributed by atoms with Crippen molar-refractivity contribution in [3.05, 3.63) is 47.5 Å². The summed E-state index contributed by atoms with van der Waals surface area (Å²) in [6.07, 6.45) is 6.35. The number of aryl methyl sites for hydroxylation is 2. The fourth-order valence-electron chi connectivity index (χ4n) is 1.54. The molecule has 0 N–H and O–H groups in total. The fourth-order valence-corrected chi connectivity index (χ4v) is 1.54. The average Bonchev–Trinajstić information content (AvgIpc) is 2.28. The van der Waals surface area contributed by atoms with Crippen molar-refractivity contribution in [1.29, 1.82) is 0 Å². The quantitative estimate of drug-likeness (QED) is 0.431. The first-order valence-corrected chi connectivity index (χ1v) is 5.52. The third-order valence-corrected chi connectivity index (χ3v) is 2.37. The van der Waals surface area contributed by atoms with Crippen molar-refractivity contribution < 1.29 is 9.53 Å². The van der Waals surface area contributed by atoms with Crippen molar-refractivity contribution in [2.75, 3.05) is 7.11 Å². The Bertz CT molecular complexity index is 367. The zero-order valence-corrected chi connectivity index (χ0v) is 9.90. The summed E-state index contributed by atoms with van der Waals surface area (Å²) in [4.78, 5) is 10.8. The Labute approximate surface area is 96.9 Å². The number of carbonyl (C=O) groups excluding carboxylic acids is 1. The topological polar surface area (TPSA) is 26.3 Å². The number of rotatable bonds is 5. The number of benzene rings is 1. The first-order valence-electron chi connectivity index (χ1n) is 5.52. The number of carbonyl (C=O) groups is 1. The van der Waals surface area contributed by atoms with E-state index < -0.39 is 0 Å². The lowest BCUT2D eigenvalue weighted by Crippen LogP contribution is -1.93. The van der Waals surface area contributed by atoms with Crippen LogP contribution in [-0.2, 0) is 16.0 Å². The Morgan fingerprint density at radius 3 is 2.94 bits per heavy atom. The second kappa shape index (κ2) is 6.83. The van der Waals surface area contributed by atoms with Crippen molar-refractivity contribution >= 4 is 5.97 Å². The van der Waals surface area contributed by atoms with E-state index in [0.29, 0.717) is 0 Å². The van der Waals surface area contributed by atoms with Crippen molar-refractivity contribution in [3.63, 3.8) is 0 Å². The lowest BCUT2D eigenvalue weighted by molar-refractivity contribution is -0.134. The summed E-state index contributed by atoms with van der Waals surface area (Å²) >= 11 is 0. The Morgan fingerprint density at radius 1 is 1.44 bits per heavy atom. The number of esters is 1. The third kappa shape index (κ3) is 4.78. The summed E-state index contributed by atoms with van der Waals surface area (Å²) in [5.41, 5.74) is 2.65. The molecule has 86 valence electrons. The minimum Gasteiger partial charge on any atom is -0.466 e. The monoisotopic (exact) mass is 218 g/mol. The molecular formula is C14H18O2. The third-order valence-electron chi connectivity index (χ3n) is 2.37. The lowest BCUT2D eigenvalue weighted by Gasteiger charge is -2.00. The maximum Gasteiger partial charge on any atom is 0.330 e. The molecule has 1 rings (SSSR count). The lowest BCUT2D eigenvalue weighted by atomic mass is 10.1. The SMILES string of the molecule is COC(=O)/C=C/CCCc1cccc(C)c1. The summed E-state index contributed by atoms with van der Waals surface area (Å²) in [6, 6.07) is 8.51. The number of allylic oxidation sites excluding steroid dienone is 1. The van der Waals surface area contributed by atoms with E-state index in [1.807, 2.05) is 6.08 Å². The molecule has 0 bridgehead atoms. The van der Waals surface area contributed by atoms with Crippen LogP contribution in [0.2, 0.25) is 0 Å². The predicted octanol–water partition coefficient (Wildman–Crippen LogP) is 3.05. The maximum atomic E-state index is 10.8. The average molecular weight is 218 g/mol. The van der Waals surface area contributed by atoms with E-state index in [2.05, 4.69) is 35.9 Å². The molecule has 0 fully saturated rings. The van der Waals surface area contributed by atoms with Gasteiger partial charge in [0.1, 0.15) is 0 Å².